The summed E-state index contributed by atoms with van der Waals surface area (Å²) in [4.78, 5) is 17.3. The molecule has 0 aliphatic rings. The number of H-pyrrole nitrogens is 1. The second kappa shape index (κ2) is 9.13. The standard InChI is InChI=1S/C23H21N5O3S/c1-28(32(30,31)18-12-6-3-7-13-18)16-21(29)24-20-15-9-8-14-19(20)23-25-22(26-27-23)17-10-4-2-5-11-17/h2-15H,16H2,1H3,(H,24,29)(H,25,26,27). The van der Waals surface area contributed by atoms with Crippen LogP contribution in [0.3, 0.4) is 0 Å². The molecule has 1 aromatic heterocycles. The largest absolute Gasteiger partial charge is 0.324 e. The van der Waals surface area contributed by atoms with Gasteiger partial charge in [-0.15, -0.1) is 0 Å². The first-order valence-corrected chi connectivity index (χ1v) is 11.3. The summed E-state index contributed by atoms with van der Waals surface area (Å²) in [6, 6.07) is 24.6. The number of anilines is 1. The van der Waals surface area contributed by atoms with Crippen molar-refractivity contribution in [2.24, 2.45) is 0 Å². The summed E-state index contributed by atoms with van der Waals surface area (Å²) in [5.41, 5.74) is 2.01. The van der Waals surface area contributed by atoms with Gasteiger partial charge in [0, 0.05) is 18.2 Å². The summed E-state index contributed by atoms with van der Waals surface area (Å²) in [5, 5.41) is 9.94. The van der Waals surface area contributed by atoms with E-state index in [1.165, 1.54) is 19.2 Å². The molecule has 8 nitrogen and oxygen atoms in total. The van der Waals surface area contributed by atoms with Gasteiger partial charge in [0.2, 0.25) is 15.9 Å². The van der Waals surface area contributed by atoms with Crippen molar-refractivity contribution in [2.75, 3.05) is 18.9 Å². The van der Waals surface area contributed by atoms with Gasteiger partial charge in [0.1, 0.15) is 0 Å². The molecule has 0 spiro atoms. The van der Waals surface area contributed by atoms with Gasteiger partial charge < -0.3 is 5.32 Å². The number of nitrogens with zero attached hydrogens (tertiary/aromatic N) is 3. The van der Waals surface area contributed by atoms with Crippen LogP contribution in [0.5, 0.6) is 0 Å². The van der Waals surface area contributed by atoms with Crippen molar-refractivity contribution < 1.29 is 13.2 Å². The van der Waals surface area contributed by atoms with Crippen molar-refractivity contribution in [3.05, 3.63) is 84.9 Å². The fourth-order valence-corrected chi connectivity index (χ4v) is 4.29. The average Bonchev–Trinajstić information content (AvgIpc) is 3.30. The zero-order valence-corrected chi connectivity index (χ0v) is 18.1. The highest BCUT2D eigenvalue weighted by Gasteiger charge is 2.23. The third-order valence-corrected chi connectivity index (χ3v) is 6.61. The number of aromatic nitrogens is 3. The van der Waals surface area contributed by atoms with Crippen LogP contribution in [0, 0.1) is 0 Å². The highest BCUT2D eigenvalue weighted by molar-refractivity contribution is 7.89. The Morgan fingerprint density at radius 1 is 0.938 bits per heavy atom. The summed E-state index contributed by atoms with van der Waals surface area (Å²) in [7, 11) is -2.40. The van der Waals surface area contributed by atoms with E-state index in [1.807, 2.05) is 36.4 Å². The van der Waals surface area contributed by atoms with E-state index in [1.54, 1.807) is 36.4 Å². The SMILES string of the molecule is CN(CC(=O)Nc1ccccc1-c1nc(-c2ccccc2)n[nH]1)S(=O)(=O)c1ccccc1. The quantitative estimate of drug-likeness (QED) is 0.451. The number of hydrogen-bond donors (Lipinski definition) is 2. The Balaban J connectivity index is 1.51. The number of carbonyl (C=O) groups is 1. The Bertz CT molecular complexity index is 1320. The van der Waals surface area contributed by atoms with Crippen molar-refractivity contribution >= 4 is 21.6 Å². The van der Waals surface area contributed by atoms with Crippen molar-refractivity contribution in [3.63, 3.8) is 0 Å². The van der Waals surface area contributed by atoms with E-state index in [9.17, 15) is 13.2 Å². The van der Waals surface area contributed by atoms with Gasteiger partial charge in [-0.25, -0.2) is 13.4 Å². The van der Waals surface area contributed by atoms with Gasteiger partial charge in [0.25, 0.3) is 0 Å². The topological polar surface area (TPSA) is 108 Å². The zero-order chi connectivity index (χ0) is 22.6. The average molecular weight is 448 g/mol. The zero-order valence-electron chi connectivity index (χ0n) is 17.3. The first kappa shape index (κ1) is 21.4. The van der Waals surface area contributed by atoms with E-state index in [2.05, 4.69) is 20.5 Å². The number of benzene rings is 3. The van der Waals surface area contributed by atoms with Crippen molar-refractivity contribution in [1.82, 2.24) is 19.5 Å². The van der Waals surface area contributed by atoms with E-state index in [4.69, 9.17) is 0 Å². The lowest BCUT2D eigenvalue weighted by atomic mass is 10.1. The molecular weight excluding hydrogens is 426 g/mol. The Morgan fingerprint density at radius 2 is 1.56 bits per heavy atom. The normalized spacial score (nSPS) is 11.4. The van der Waals surface area contributed by atoms with E-state index < -0.39 is 15.9 Å². The van der Waals surface area contributed by atoms with Crippen LogP contribution in [0.15, 0.2) is 89.8 Å². The van der Waals surface area contributed by atoms with Gasteiger partial charge in [-0.05, 0) is 24.3 Å². The molecular formula is C23H21N5O3S. The molecule has 4 rings (SSSR count). The molecule has 3 aromatic carbocycles. The number of carbonyl (C=O) groups excluding carboxylic acids is 1. The van der Waals surface area contributed by atoms with Crippen LogP contribution >= 0.6 is 0 Å². The lowest BCUT2D eigenvalue weighted by Crippen LogP contribution is -2.35. The molecule has 9 heteroatoms. The van der Waals surface area contributed by atoms with Crippen LogP contribution < -0.4 is 5.32 Å². The number of para-hydroxylation sites is 1. The smallest absolute Gasteiger partial charge is 0.243 e. The third kappa shape index (κ3) is 4.58. The minimum absolute atomic E-state index is 0.130. The molecule has 0 aliphatic heterocycles. The molecule has 1 heterocycles. The maximum absolute atomic E-state index is 12.7. The molecule has 0 radical (unpaired) electrons. The predicted octanol–water partition coefficient (Wildman–Crippen LogP) is 3.40. The molecule has 162 valence electrons. The highest BCUT2D eigenvalue weighted by atomic mass is 32.2. The maximum atomic E-state index is 12.7. The Hall–Kier alpha value is -3.82. The van der Waals surface area contributed by atoms with Crippen molar-refractivity contribution in [2.45, 2.75) is 4.90 Å². The Kier molecular flexibility index (Phi) is 6.11. The summed E-state index contributed by atoms with van der Waals surface area (Å²) in [5.74, 6) is 0.558. The number of amides is 1. The molecule has 0 atom stereocenters. The van der Waals surface area contributed by atoms with Gasteiger partial charge in [-0.1, -0.05) is 60.7 Å². The predicted molar refractivity (Wildman–Crippen MR) is 122 cm³/mol. The number of hydrogen-bond acceptors (Lipinski definition) is 5. The fraction of sp³-hybridized carbons (Fsp3) is 0.0870. The van der Waals surface area contributed by atoms with Gasteiger partial charge in [0.15, 0.2) is 11.6 Å². The minimum atomic E-state index is -3.77. The van der Waals surface area contributed by atoms with Gasteiger partial charge in [0.05, 0.1) is 17.1 Å². The Labute approximate surface area is 186 Å². The molecule has 0 fully saturated rings. The van der Waals surface area contributed by atoms with E-state index >= 15 is 0 Å². The van der Waals surface area contributed by atoms with E-state index in [0.717, 1.165) is 9.87 Å². The van der Waals surface area contributed by atoms with Crippen LogP contribution in [-0.4, -0.2) is 47.4 Å². The fourth-order valence-electron chi connectivity index (χ4n) is 3.15. The van der Waals surface area contributed by atoms with Crippen LogP contribution in [-0.2, 0) is 14.8 Å². The van der Waals surface area contributed by atoms with E-state index in [-0.39, 0.29) is 11.4 Å². The van der Waals surface area contributed by atoms with Crippen LogP contribution in [0.1, 0.15) is 0 Å². The molecule has 32 heavy (non-hydrogen) atoms. The number of likely N-dealkylation sites (N-methyl/N-ethyl adjacent to an activating group) is 1. The first-order chi connectivity index (χ1) is 15.4. The lowest BCUT2D eigenvalue weighted by Gasteiger charge is -2.17. The molecule has 0 saturated heterocycles. The van der Waals surface area contributed by atoms with Gasteiger partial charge in [-0.3, -0.25) is 9.89 Å². The second-order valence-corrected chi connectivity index (χ2v) is 9.09. The highest BCUT2D eigenvalue weighted by Crippen LogP contribution is 2.27. The molecule has 0 aliphatic carbocycles. The van der Waals surface area contributed by atoms with Crippen molar-refractivity contribution in [3.8, 4) is 22.8 Å². The Morgan fingerprint density at radius 3 is 2.28 bits per heavy atom. The molecule has 2 N–H and O–H groups in total. The summed E-state index contributed by atoms with van der Waals surface area (Å²) >= 11 is 0. The third-order valence-electron chi connectivity index (χ3n) is 4.79. The van der Waals surface area contributed by atoms with Crippen LogP contribution in [0.25, 0.3) is 22.8 Å². The summed E-state index contributed by atoms with van der Waals surface area (Å²) in [6.07, 6.45) is 0. The second-order valence-electron chi connectivity index (χ2n) is 7.04. The van der Waals surface area contributed by atoms with Gasteiger partial charge in [-0.2, -0.15) is 9.40 Å². The van der Waals surface area contributed by atoms with Gasteiger partial charge >= 0.3 is 0 Å². The maximum Gasteiger partial charge on any atom is 0.243 e. The molecule has 4 aromatic rings. The molecule has 0 saturated carbocycles. The van der Waals surface area contributed by atoms with Crippen LogP contribution in [0.4, 0.5) is 5.69 Å². The number of sulfonamides is 1. The summed E-state index contributed by atoms with van der Waals surface area (Å²) < 4.78 is 26.4. The molecule has 0 unspecified atom stereocenters. The number of rotatable bonds is 7. The van der Waals surface area contributed by atoms with E-state index in [0.29, 0.717) is 22.9 Å². The van der Waals surface area contributed by atoms with Crippen LogP contribution in [0.2, 0.25) is 0 Å². The number of aromatic amines is 1. The number of nitrogens with one attached hydrogen (secondary N) is 2. The van der Waals surface area contributed by atoms with Crippen molar-refractivity contribution in [1.29, 1.82) is 0 Å². The molecule has 0 bridgehead atoms. The monoisotopic (exact) mass is 447 g/mol. The first-order valence-electron chi connectivity index (χ1n) is 9.83. The lowest BCUT2D eigenvalue weighted by molar-refractivity contribution is -0.116. The minimum Gasteiger partial charge on any atom is -0.324 e. The summed E-state index contributed by atoms with van der Waals surface area (Å²) in [6.45, 7) is -0.336. The molecule has 1 amide bonds.